The van der Waals surface area contributed by atoms with Gasteiger partial charge in [0, 0.05) is 42.1 Å². The highest BCUT2D eigenvalue weighted by Crippen LogP contribution is 2.27. The normalized spacial score (nSPS) is 10.5. The van der Waals surface area contributed by atoms with Crippen molar-refractivity contribution in [3.63, 3.8) is 0 Å². The molecule has 4 aromatic carbocycles. The van der Waals surface area contributed by atoms with Gasteiger partial charge in [0.25, 0.3) is 17.1 Å². The summed E-state index contributed by atoms with van der Waals surface area (Å²) in [7, 11) is 0. The van der Waals surface area contributed by atoms with Crippen molar-refractivity contribution < 1.29 is 24.4 Å². The third-order valence-electron chi connectivity index (χ3n) is 8.08. The molecule has 0 aliphatic rings. The van der Waals surface area contributed by atoms with E-state index < -0.39 is 36.9 Å². The molecule has 4 aromatic rings. The molecular formula is C38H42N8O8. The van der Waals surface area contributed by atoms with Gasteiger partial charge in [0.05, 0.1) is 49.6 Å². The van der Waals surface area contributed by atoms with Crippen LogP contribution in [0.25, 0.3) is 0 Å². The first-order chi connectivity index (χ1) is 25.0. The number of primary amides is 2. The third kappa shape index (κ3) is 13.2. The van der Waals surface area contributed by atoms with Crippen molar-refractivity contribution in [1.29, 1.82) is 10.5 Å². The highest BCUT2D eigenvalue weighted by molar-refractivity contribution is 5.86. The summed E-state index contributed by atoms with van der Waals surface area (Å²) in [6, 6.07) is 29.4. The highest BCUT2D eigenvalue weighted by Gasteiger charge is 2.29. The SMILES string of the molecule is CC(C)(C#N)c1cccc([N+](=O)[O-])c1.CC(C)(C(N)=O)c1cccc(N)c1.CC(C)(C(N)=O)c1cccc([N+](=O)[O-])c1.N#CCc1cccc([N+](=O)[O-])c1. The Morgan fingerprint density at radius 1 is 0.611 bits per heavy atom. The Kier molecular flexibility index (Phi) is 16.1. The Labute approximate surface area is 312 Å². The quantitative estimate of drug-likeness (QED) is 0.0952. The van der Waals surface area contributed by atoms with Crippen LogP contribution in [-0.4, -0.2) is 26.6 Å². The first-order valence-electron chi connectivity index (χ1n) is 16.0. The summed E-state index contributed by atoms with van der Waals surface area (Å²) < 4.78 is 0. The van der Waals surface area contributed by atoms with Crippen LogP contribution in [0.2, 0.25) is 0 Å². The molecular weight excluding hydrogens is 696 g/mol. The minimum atomic E-state index is -0.897. The third-order valence-corrected chi connectivity index (χ3v) is 8.08. The molecule has 0 radical (unpaired) electrons. The molecule has 4 rings (SSSR count). The van der Waals surface area contributed by atoms with Crippen molar-refractivity contribution in [3.05, 3.63) is 150 Å². The molecule has 0 bridgehead atoms. The number of nitro groups is 3. The fourth-order valence-electron chi connectivity index (χ4n) is 4.16. The van der Waals surface area contributed by atoms with Crippen molar-refractivity contribution in [1.82, 2.24) is 0 Å². The number of nitrogens with two attached hydrogens (primary N) is 3. The van der Waals surface area contributed by atoms with Crippen LogP contribution < -0.4 is 17.2 Å². The van der Waals surface area contributed by atoms with Crippen LogP contribution in [0.15, 0.2) is 97.1 Å². The second kappa shape index (κ2) is 19.4. The predicted octanol–water partition coefficient (Wildman–Crippen LogP) is 6.45. The maximum Gasteiger partial charge on any atom is 0.269 e. The van der Waals surface area contributed by atoms with Crippen molar-refractivity contribution in [3.8, 4) is 12.1 Å². The number of rotatable bonds is 9. The summed E-state index contributed by atoms with van der Waals surface area (Å²) in [6.45, 7) is 10.3. The van der Waals surface area contributed by atoms with Gasteiger partial charge in [-0.2, -0.15) is 10.5 Å². The van der Waals surface area contributed by atoms with Crippen LogP contribution in [0.5, 0.6) is 0 Å². The zero-order valence-electron chi connectivity index (χ0n) is 30.7. The van der Waals surface area contributed by atoms with E-state index in [1.54, 1.807) is 84.0 Å². The summed E-state index contributed by atoms with van der Waals surface area (Å²) >= 11 is 0. The lowest BCUT2D eigenvalue weighted by molar-refractivity contribution is -0.385. The van der Waals surface area contributed by atoms with Crippen molar-refractivity contribution in [2.45, 2.75) is 64.2 Å². The summed E-state index contributed by atoms with van der Waals surface area (Å²) in [6.07, 6.45) is 0.210. The standard InChI is InChI=1S/C10H12N2O3.C10H10N2O2.C10H14N2O.C8H6N2O2/c1-10(2,9(11)13)7-4-3-5-8(6-7)12(14)15;1-10(2,7-11)8-4-3-5-9(6-8)12(13)14;1-10(2,9(12)13)7-4-3-5-8(11)6-7;9-5-4-7-2-1-3-8(6-7)10(11)12/h3-6H,1-2H3,(H2,11,13);3-6H,1-2H3;3-6H,11H2,1-2H3,(H2,12,13);1-3,6H,4H2. The Morgan fingerprint density at radius 2 is 0.981 bits per heavy atom. The van der Waals surface area contributed by atoms with Gasteiger partial charge >= 0.3 is 0 Å². The molecule has 0 saturated carbocycles. The van der Waals surface area contributed by atoms with Gasteiger partial charge in [-0.25, -0.2) is 0 Å². The molecule has 0 spiro atoms. The summed E-state index contributed by atoms with van der Waals surface area (Å²) in [5.74, 6) is -0.860. The first-order valence-corrected chi connectivity index (χ1v) is 16.0. The number of hydrogen-bond acceptors (Lipinski definition) is 11. The van der Waals surface area contributed by atoms with E-state index in [9.17, 15) is 39.9 Å². The van der Waals surface area contributed by atoms with Crippen LogP contribution in [0.4, 0.5) is 22.7 Å². The molecule has 0 atom stereocenters. The maximum atomic E-state index is 11.2. The Hall–Kier alpha value is -7.20. The molecule has 0 aliphatic carbocycles. The molecule has 0 aromatic heterocycles. The van der Waals surface area contributed by atoms with Crippen LogP contribution in [0.1, 0.15) is 63.8 Å². The van der Waals surface area contributed by atoms with Gasteiger partial charge in [0.2, 0.25) is 11.8 Å². The fourth-order valence-corrected chi connectivity index (χ4v) is 4.16. The van der Waals surface area contributed by atoms with E-state index in [0.29, 0.717) is 22.4 Å². The molecule has 2 amide bonds. The molecule has 282 valence electrons. The molecule has 16 heteroatoms. The van der Waals surface area contributed by atoms with E-state index in [0.717, 1.165) is 5.56 Å². The Morgan fingerprint density at radius 3 is 1.37 bits per heavy atom. The van der Waals surface area contributed by atoms with E-state index in [1.807, 2.05) is 18.2 Å². The van der Waals surface area contributed by atoms with E-state index in [4.69, 9.17) is 27.7 Å². The molecule has 0 saturated heterocycles. The second-order valence-corrected chi connectivity index (χ2v) is 13.2. The van der Waals surface area contributed by atoms with Crippen LogP contribution in [0.3, 0.4) is 0 Å². The van der Waals surface area contributed by atoms with E-state index >= 15 is 0 Å². The molecule has 0 fully saturated rings. The monoisotopic (exact) mass is 738 g/mol. The first kappa shape index (κ1) is 44.8. The van der Waals surface area contributed by atoms with Gasteiger partial charge in [-0.15, -0.1) is 0 Å². The number of amides is 2. The summed E-state index contributed by atoms with van der Waals surface area (Å²) in [5, 5.41) is 48.5. The van der Waals surface area contributed by atoms with Gasteiger partial charge in [-0.3, -0.25) is 39.9 Å². The highest BCUT2D eigenvalue weighted by atomic mass is 16.6. The van der Waals surface area contributed by atoms with Gasteiger partial charge in [-0.05, 0) is 75.9 Å². The van der Waals surface area contributed by atoms with Crippen LogP contribution >= 0.6 is 0 Å². The summed E-state index contributed by atoms with van der Waals surface area (Å²) in [4.78, 5) is 52.1. The number of carbonyl (C=O) groups is 2. The molecule has 0 aliphatic heterocycles. The number of hydrogen-bond donors (Lipinski definition) is 3. The lowest BCUT2D eigenvalue weighted by Crippen LogP contribution is -2.35. The zero-order valence-corrected chi connectivity index (χ0v) is 30.7. The number of nitrogen functional groups attached to an aromatic ring is 1. The Balaban J connectivity index is 0.000000361. The number of benzene rings is 4. The van der Waals surface area contributed by atoms with Gasteiger partial charge in [-0.1, -0.05) is 48.5 Å². The maximum absolute atomic E-state index is 11.2. The van der Waals surface area contributed by atoms with Crippen molar-refractivity contribution in [2.24, 2.45) is 11.5 Å². The molecule has 6 N–H and O–H groups in total. The predicted molar refractivity (Wildman–Crippen MR) is 203 cm³/mol. The lowest BCUT2D eigenvalue weighted by Gasteiger charge is -2.21. The minimum Gasteiger partial charge on any atom is -0.399 e. The molecule has 0 heterocycles. The Bertz CT molecular complexity index is 2080. The van der Waals surface area contributed by atoms with E-state index in [2.05, 4.69) is 6.07 Å². The van der Waals surface area contributed by atoms with Gasteiger partial charge in [0.15, 0.2) is 0 Å². The van der Waals surface area contributed by atoms with E-state index in [1.165, 1.54) is 42.5 Å². The molecule has 16 nitrogen and oxygen atoms in total. The zero-order chi connectivity index (χ0) is 41.4. The van der Waals surface area contributed by atoms with Crippen molar-refractivity contribution >= 4 is 34.6 Å². The number of anilines is 1. The van der Waals surface area contributed by atoms with Crippen molar-refractivity contribution in [2.75, 3.05) is 5.73 Å². The average molecular weight is 739 g/mol. The van der Waals surface area contributed by atoms with Crippen LogP contribution in [0, 0.1) is 53.0 Å². The number of carbonyl (C=O) groups excluding carboxylic acids is 2. The van der Waals surface area contributed by atoms with Gasteiger partial charge in [0.1, 0.15) is 0 Å². The lowest BCUT2D eigenvalue weighted by atomic mass is 9.84. The van der Waals surface area contributed by atoms with E-state index in [-0.39, 0.29) is 29.4 Å². The average Bonchev–Trinajstić information content (AvgIpc) is 3.12. The minimum absolute atomic E-state index is 0.0193. The van der Waals surface area contributed by atoms with Crippen LogP contribution in [-0.2, 0) is 32.3 Å². The molecule has 54 heavy (non-hydrogen) atoms. The largest absolute Gasteiger partial charge is 0.399 e. The van der Waals surface area contributed by atoms with Gasteiger partial charge < -0.3 is 17.2 Å². The summed E-state index contributed by atoms with van der Waals surface area (Å²) in [5.41, 5.74) is 17.2. The fraction of sp³-hybridized carbons (Fsp3) is 0.263. The molecule has 0 unspecified atom stereocenters. The topological polar surface area (TPSA) is 289 Å². The second-order valence-electron chi connectivity index (χ2n) is 13.2. The number of nitrogens with zero attached hydrogens (tertiary/aromatic N) is 5. The number of nitro benzene ring substituents is 3. The number of nitriles is 2. The smallest absolute Gasteiger partial charge is 0.269 e. The number of non-ortho nitro benzene ring substituents is 3.